The van der Waals surface area contributed by atoms with Gasteiger partial charge in [0.1, 0.15) is 0 Å². The van der Waals surface area contributed by atoms with Gasteiger partial charge in [0, 0.05) is 12.5 Å². The van der Waals surface area contributed by atoms with Crippen molar-refractivity contribution in [3.63, 3.8) is 0 Å². The van der Waals surface area contributed by atoms with Gasteiger partial charge in [0.05, 0.1) is 12.6 Å². The third-order valence-corrected chi connectivity index (χ3v) is 5.10. The summed E-state index contributed by atoms with van der Waals surface area (Å²) < 4.78 is 0. The van der Waals surface area contributed by atoms with Gasteiger partial charge in [-0.05, 0) is 63.6 Å². The van der Waals surface area contributed by atoms with E-state index in [-0.39, 0.29) is 23.9 Å². The van der Waals surface area contributed by atoms with E-state index in [0.717, 1.165) is 44.8 Å². The molecule has 1 aliphatic carbocycles. The maximum absolute atomic E-state index is 12.1. The van der Waals surface area contributed by atoms with Crippen LogP contribution in [-0.4, -0.2) is 50.1 Å². The van der Waals surface area contributed by atoms with E-state index in [1.165, 1.54) is 12.8 Å². The molecule has 2 amide bonds. The van der Waals surface area contributed by atoms with E-state index in [1.54, 1.807) is 0 Å². The molecule has 2 atom stereocenters. The highest BCUT2D eigenvalue weighted by Gasteiger charge is 2.35. The van der Waals surface area contributed by atoms with Crippen LogP contribution in [0.5, 0.6) is 0 Å². The molecule has 3 fully saturated rings. The highest BCUT2D eigenvalue weighted by atomic mass is 16.2. The highest BCUT2D eigenvalue weighted by molar-refractivity contribution is 5.80. The zero-order valence-electron chi connectivity index (χ0n) is 13.2. The molecule has 0 spiro atoms. The van der Waals surface area contributed by atoms with Gasteiger partial charge in [0.25, 0.3) is 0 Å². The molecule has 4 N–H and O–H groups in total. The average molecular weight is 308 g/mol. The number of nitrogens with one attached hydrogen (secondary N) is 4. The molecule has 2 aliphatic heterocycles. The minimum atomic E-state index is 0.0562. The standard InChI is InChI=1S/C16H28N4O2/c21-14-4-3-13(16(20-14)12-5-7-17-8-6-12)19-15(22)10-18-9-11-1-2-11/h11-13,16-18H,1-10H2,(H,19,22)(H,20,21)/t13-,16+/m1/s1. The molecule has 124 valence electrons. The fourth-order valence-corrected chi connectivity index (χ4v) is 3.61. The van der Waals surface area contributed by atoms with Crippen molar-refractivity contribution in [1.82, 2.24) is 21.3 Å². The fraction of sp³-hybridized carbons (Fsp3) is 0.875. The summed E-state index contributed by atoms with van der Waals surface area (Å²) >= 11 is 0. The molecule has 0 radical (unpaired) electrons. The molecule has 1 saturated carbocycles. The van der Waals surface area contributed by atoms with Crippen LogP contribution in [0.2, 0.25) is 0 Å². The molecule has 0 unspecified atom stereocenters. The average Bonchev–Trinajstić information content (AvgIpc) is 3.34. The van der Waals surface area contributed by atoms with Crippen molar-refractivity contribution in [1.29, 1.82) is 0 Å². The van der Waals surface area contributed by atoms with Crippen LogP contribution in [0, 0.1) is 11.8 Å². The van der Waals surface area contributed by atoms with Crippen LogP contribution in [0.3, 0.4) is 0 Å². The van der Waals surface area contributed by atoms with E-state index in [2.05, 4.69) is 21.3 Å². The van der Waals surface area contributed by atoms with Gasteiger partial charge in [-0.3, -0.25) is 9.59 Å². The first-order valence-corrected chi connectivity index (χ1v) is 8.72. The van der Waals surface area contributed by atoms with Crippen molar-refractivity contribution >= 4 is 11.8 Å². The Labute approximate surface area is 132 Å². The topological polar surface area (TPSA) is 82.3 Å². The van der Waals surface area contributed by atoms with E-state index in [9.17, 15) is 9.59 Å². The van der Waals surface area contributed by atoms with Crippen LogP contribution in [-0.2, 0) is 9.59 Å². The van der Waals surface area contributed by atoms with Gasteiger partial charge < -0.3 is 21.3 Å². The smallest absolute Gasteiger partial charge is 0.234 e. The second-order valence-corrected chi connectivity index (χ2v) is 6.97. The summed E-state index contributed by atoms with van der Waals surface area (Å²) in [5.41, 5.74) is 0. The van der Waals surface area contributed by atoms with Crippen LogP contribution in [0.15, 0.2) is 0 Å². The summed E-state index contributed by atoms with van der Waals surface area (Å²) in [5.74, 6) is 1.43. The van der Waals surface area contributed by atoms with Crippen molar-refractivity contribution in [3.05, 3.63) is 0 Å². The normalized spacial score (nSPS) is 29.9. The lowest BCUT2D eigenvalue weighted by Crippen LogP contribution is -2.60. The predicted octanol–water partition coefficient (Wildman–Crippen LogP) is -0.251. The van der Waals surface area contributed by atoms with E-state index in [4.69, 9.17) is 0 Å². The zero-order valence-corrected chi connectivity index (χ0v) is 13.2. The van der Waals surface area contributed by atoms with Crippen LogP contribution >= 0.6 is 0 Å². The Hall–Kier alpha value is -1.14. The largest absolute Gasteiger partial charge is 0.351 e. The Morgan fingerprint density at radius 3 is 2.64 bits per heavy atom. The van der Waals surface area contributed by atoms with Gasteiger partial charge in [-0.25, -0.2) is 0 Å². The molecule has 2 heterocycles. The maximum atomic E-state index is 12.1. The number of amides is 2. The molecule has 0 bridgehead atoms. The third-order valence-electron chi connectivity index (χ3n) is 5.10. The summed E-state index contributed by atoms with van der Waals surface area (Å²) in [6.07, 6.45) is 5.99. The minimum absolute atomic E-state index is 0.0562. The number of hydrogen-bond acceptors (Lipinski definition) is 4. The quantitative estimate of drug-likeness (QED) is 0.545. The summed E-state index contributed by atoms with van der Waals surface area (Å²) in [6, 6.07) is 0.173. The van der Waals surface area contributed by atoms with Crippen molar-refractivity contribution in [2.24, 2.45) is 11.8 Å². The molecule has 22 heavy (non-hydrogen) atoms. The van der Waals surface area contributed by atoms with E-state index in [1.807, 2.05) is 0 Å². The number of piperidine rings is 2. The maximum Gasteiger partial charge on any atom is 0.234 e. The van der Waals surface area contributed by atoms with E-state index in [0.29, 0.717) is 18.9 Å². The first kappa shape index (κ1) is 15.7. The van der Waals surface area contributed by atoms with Gasteiger partial charge in [-0.15, -0.1) is 0 Å². The Morgan fingerprint density at radius 1 is 1.14 bits per heavy atom. The molecule has 6 nitrogen and oxygen atoms in total. The lowest BCUT2D eigenvalue weighted by molar-refractivity contribution is -0.127. The summed E-state index contributed by atoms with van der Waals surface area (Å²) in [6.45, 7) is 3.34. The summed E-state index contributed by atoms with van der Waals surface area (Å²) in [4.78, 5) is 23.9. The SMILES string of the molecule is O=C(CNCC1CC1)N[C@@H]1CCC(=O)N[C@H]1C1CCNCC1. The molecule has 3 aliphatic rings. The van der Waals surface area contributed by atoms with Crippen molar-refractivity contribution in [2.75, 3.05) is 26.2 Å². The fourth-order valence-electron chi connectivity index (χ4n) is 3.61. The van der Waals surface area contributed by atoms with E-state index < -0.39 is 0 Å². The Bertz CT molecular complexity index is 405. The first-order valence-electron chi connectivity index (χ1n) is 8.72. The van der Waals surface area contributed by atoms with Crippen molar-refractivity contribution in [2.45, 2.75) is 50.6 Å². The second kappa shape index (κ2) is 7.42. The molecule has 0 aromatic heterocycles. The first-order chi connectivity index (χ1) is 10.7. The number of carbonyl (C=O) groups is 2. The molecule has 2 saturated heterocycles. The lowest BCUT2D eigenvalue weighted by Gasteiger charge is -2.39. The van der Waals surface area contributed by atoms with Crippen LogP contribution in [0.4, 0.5) is 0 Å². The molecule has 3 rings (SSSR count). The zero-order chi connectivity index (χ0) is 15.4. The second-order valence-electron chi connectivity index (χ2n) is 6.97. The molecular weight excluding hydrogens is 280 g/mol. The van der Waals surface area contributed by atoms with Crippen LogP contribution in [0.25, 0.3) is 0 Å². The van der Waals surface area contributed by atoms with Gasteiger partial charge >= 0.3 is 0 Å². The Morgan fingerprint density at radius 2 is 1.91 bits per heavy atom. The highest BCUT2D eigenvalue weighted by Crippen LogP contribution is 2.27. The van der Waals surface area contributed by atoms with E-state index >= 15 is 0 Å². The van der Waals surface area contributed by atoms with Gasteiger partial charge in [0.2, 0.25) is 11.8 Å². The molecule has 6 heteroatoms. The van der Waals surface area contributed by atoms with Crippen LogP contribution < -0.4 is 21.3 Å². The molecule has 0 aromatic carbocycles. The number of hydrogen-bond donors (Lipinski definition) is 4. The minimum Gasteiger partial charge on any atom is -0.351 e. The third kappa shape index (κ3) is 4.43. The van der Waals surface area contributed by atoms with Gasteiger partial charge in [-0.2, -0.15) is 0 Å². The van der Waals surface area contributed by atoms with Crippen molar-refractivity contribution in [3.8, 4) is 0 Å². The Balaban J connectivity index is 1.49. The number of carbonyl (C=O) groups excluding carboxylic acids is 2. The summed E-state index contributed by atoms with van der Waals surface area (Å²) in [5, 5.41) is 12.9. The van der Waals surface area contributed by atoms with Crippen molar-refractivity contribution < 1.29 is 9.59 Å². The lowest BCUT2D eigenvalue weighted by atomic mass is 9.82. The van der Waals surface area contributed by atoms with Gasteiger partial charge in [0.15, 0.2) is 0 Å². The predicted molar refractivity (Wildman–Crippen MR) is 84.3 cm³/mol. The monoisotopic (exact) mass is 308 g/mol. The Kier molecular flexibility index (Phi) is 5.31. The van der Waals surface area contributed by atoms with Gasteiger partial charge in [-0.1, -0.05) is 0 Å². The summed E-state index contributed by atoms with van der Waals surface area (Å²) in [7, 11) is 0. The number of rotatable bonds is 6. The van der Waals surface area contributed by atoms with Crippen LogP contribution in [0.1, 0.15) is 38.5 Å². The molecular formula is C16H28N4O2. The molecule has 0 aromatic rings.